The van der Waals surface area contributed by atoms with Crippen LogP contribution in [0.15, 0.2) is 54.7 Å². The maximum absolute atomic E-state index is 13.6. The minimum atomic E-state index is -4.82. The molecule has 2 N–H and O–H groups in total. The Bertz CT molecular complexity index is 1060. The Labute approximate surface area is 170 Å². The summed E-state index contributed by atoms with van der Waals surface area (Å²) in [6.45, 7) is 3.14. The first-order valence-electron chi connectivity index (χ1n) is 9.03. The fraction of sp³-hybridized carbons (Fsp3) is 0.190. The molecule has 0 fully saturated rings. The SMILES string of the molecule is Cc1cccc(C)c1NC(=O)CNC(=O)c1cnn(-c2ccccc2)c1C(F)(F)F. The number of nitrogens with one attached hydrogen (secondary N) is 2. The summed E-state index contributed by atoms with van der Waals surface area (Å²) in [5, 5.41) is 8.62. The van der Waals surface area contributed by atoms with Crippen LogP contribution in [-0.4, -0.2) is 28.1 Å². The number of anilines is 1. The quantitative estimate of drug-likeness (QED) is 0.663. The van der Waals surface area contributed by atoms with Gasteiger partial charge in [0.05, 0.1) is 24.0 Å². The summed E-state index contributed by atoms with van der Waals surface area (Å²) >= 11 is 0. The van der Waals surface area contributed by atoms with E-state index in [2.05, 4.69) is 15.7 Å². The van der Waals surface area contributed by atoms with Crippen molar-refractivity contribution in [1.82, 2.24) is 15.1 Å². The van der Waals surface area contributed by atoms with E-state index >= 15 is 0 Å². The van der Waals surface area contributed by atoms with Gasteiger partial charge in [-0.1, -0.05) is 36.4 Å². The molecule has 3 rings (SSSR count). The smallest absolute Gasteiger partial charge is 0.343 e. The number of nitrogens with zero attached hydrogens (tertiary/aromatic N) is 2. The minimum Gasteiger partial charge on any atom is -0.343 e. The second-order valence-electron chi connectivity index (χ2n) is 6.65. The third-order valence-electron chi connectivity index (χ3n) is 4.44. The highest BCUT2D eigenvalue weighted by Crippen LogP contribution is 2.33. The number of alkyl halides is 3. The Morgan fingerprint density at radius 3 is 2.23 bits per heavy atom. The Balaban J connectivity index is 1.77. The molecule has 0 aliphatic heterocycles. The zero-order valence-corrected chi connectivity index (χ0v) is 16.2. The van der Waals surface area contributed by atoms with Crippen LogP contribution < -0.4 is 10.6 Å². The van der Waals surface area contributed by atoms with E-state index in [0.29, 0.717) is 10.4 Å². The molecule has 0 radical (unpaired) electrons. The minimum absolute atomic E-state index is 0.164. The van der Waals surface area contributed by atoms with Crippen molar-refractivity contribution >= 4 is 17.5 Å². The van der Waals surface area contributed by atoms with Crippen LogP contribution in [0.1, 0.15) is 27.2 Å². The lowest BCUT2D eigenvalue weighted by atomic mass is 10.1. The van der Waals surface area contributed by atoms with Crippen molar-refractivity contribution in [2.24, 2.45) is 0 Å². The van der Waals surface area contributed by atoms with Crippen molar-refractivity contribution in [3.8, 4) is 5.69 Å². The van der Waals surface area contributed by atoms with Crippen LogP contribution in [0, 0.1) is 13.8 Å². The molecule has 1 heterocycles. The largest absolute Gasteiger partial charge is 0.434 e. The summed E-state index contributed by atoms with van der Waals surface area (Å²) in [6.07, 6.45) is -3.98. The molecule has 1 aromatic heterocycles. The molecule has 2 aromatic carbocycles. The van der Waals surface area contributed by atoms with Gasteiger partial charge in [-0.05, 0) is 37.1 Å². The summed E-state index contributed by atoms with van der Waals surface area (Å²) in [4.78, 5) is 24.6. The third-order valence-corrected chi connectivity index (χ3v) is 4.44. The predicted octanol–water partition coefficient (Wildman–Crippen LogP) is 3.88. The number of halogens is 3. The van der Waals surface area contributed by atoms with Crippen LogP contribution >= 0.6 is 0 Å². The summed E-state index contributed by atoms with van der Waals surface area (Å²) in [5.41, 5.74) is 0.560. The number of aromatic nitrogens is 2. The van der Waals surface area contributed by atoms with Gasteiger partial charge in [0.15, 0.2) is 5.69 Å². The van der Waals surface area contributed by atoms with Gasteiger partial charge in [-0.15, -0.1) is 0 Å². The lowest BCUT2D eigenvalue weighted by Gasteiger charge is -2.13. The fourth-order valence-electron chi connectivity index (χ4n) is 3.00. The first-order chi connectivity index (χ1) is 14.2. The summed E-state index contributed by atoms with van der Waals surface area (Å²) < 4.78 is 41.6. The third kappa shape index (κ3) is 4.51. The summed E-state index contributed by atoms with van der Waals surface area (Å²) in [6, 6.07) is 13.1. The van der Waals surface area contributed by atoms with Crippen LogP contribution in [-0.2, 0) is 11.0 Å². The second kappa shape index (κ2) is 8.40. The second-order valence-corrected chi connectivity index (χ2v) is 6.65. The van der Waals surface area contributed by atoms with Gasteiger partial charge in [0.2, 0.25) is 5.91 Å². The van der Waals surface area contributed by atoms with Gasteiger partial charge < -0.3 is 10.6 Å². The van der Waals surface area contributed by atoms with E-state index in [9.17, 15) is 22.8 Å². The van der Waals surface area contributed by atoms with Gasteiger partial charge in [-0.2, -0.15) is 18.3 Å². The van der Waals surface area contributed by atoms with Crippen LogP contribution in [0.3, 0.4) is 0 Å². The van der Waals surface area contributed by atoms with Crippen LogP contribution in [0.25, 0.3) is 5.69 Å². The Kier molecular flexibility index (Phi) is 5.91. The van der Waals surface area contributed by atoms with E-state index in [4.69, 9.17) is 0 Å². The molecule has 0 atom stereocenters. The molecule has 0 spiro atoms. The maximum atomic E-state index is 13.6. The highest BCUT2D eigenvalue weighted by atomic mass is 19.4. The molecule has 9 heteroatoms. The van der Waals surface area contributed by atoms with Crippen molar-refractivity contribution in [2.75, 3.05) is 11.9 Å². The molecular weight excluding hydrogens is 397 g/mol. The molecule has 0 aliphatic rings. The Morgan fingerprint density at radius 1 is 1.00 bits per heavy atom. The van der Waals surface area contributed by atoms with E-state index in [1.54, 1.807) is 18.2 Å². The molecule has 0 unspecified atom stereocenters. The van der Waals surface area contributed by atoms with E-state index in [1.165, 1.54) is 12.1 Å². The first kappa shape index (κ1) is 21.1. The molecule has 30 heavy (non-hydrogen) atoms. The van der Waals surface area contributed by atoms with Crippen LogP contribution in [0.2, 0.25) is 0 Å². The monoisotopic (exact) mass is 416 g/mol. The predicted molar refractivity (Wildman–Crippen MR) is 105 cm³/mol. The van der Waals surface area contributed by atoms with Gasteiger partial charge in [-0.25, -0.2) is 4.68 Å². The van der Waals surface area contributed by atoms with E-state index in [1.807, 2.05) is 32.0 Å². The van der Waals surface area contributed by atoms with Gasteiger partial charge in [0, 0.05) is 5.69 Å². The zero-order valence-electron chi connectivity index (χ0n) is 16.2. The van der Waals surface area contributed by atoms with E-state index < -0.39 is 35.8 Å². The molecule has 2 amide bonds. The lowest BCUT2D eigenvalue weighted by Crippen LogP contribution is -2.34. The van der Waals surface area contributed by atoms with E-state index in [-0.39, 0.29) is 5.69 Å². The van der Waals surface area contributed by atoms with Gasteiger partial charge >= 0.3 is 6.18 Å². The molecule has 0 saturated heterocycles. The number of rotatable bonds is 5. The van der Waals surface area contributed by atoms with Crippen molar-refractivity contribution in [3.63, 3.8) is 0 Å². The highest BCUT2D eigenvalue weighted by molar-refractivity contribution is 6.00. The number of hydrogen-bond donors (Lipinski definition) is 2. The van der Waals surface area contributed by atoms with Crippen molar-refractivity contribution in [1.29, 1.82) is 0 Å². The molecule has 0 bridgehead atoms. The molecular formula is C21H19F3N4O2. The van der Waals surface area contributed by atoms with Crippen molar-refractivity contribution in [2.45, 2.75) is 20.0 Å². The average molecular weight is 416 g/mol. The Hall–Kier alpha value is -3.62. The fourth-order valence-corrected chi connectivity index (χ4v) is 3.00. The van der Waals surface area contributed by atoms with Gasteiger partial charge in [0.1, 0.15) is 0 Å². The normalized spacial score (nSPS) is 11.2. The zero-order chi connectivity index (χ0) is 21.9. The maximum Gasteiger partial charge on any atom is 0.434 e. The number of carbonyl (C=O) groups excluding carboxylic acids is 2. The highest BCUT2D eigenvalue weighted by Gasteiger charge is 2.40. The van der Waals surface area contributed by atoms with Crippen LogP contribution in [0.5, 0.6) is 0 Å². The van der Waals surface area contributed by atoms with Gasteiger partial charge in [-0.3, -0.25) is 9.59 Å². The Morgan fingerprint density at radius 2 is 1.63 bits per heavy atom. The topological polar surface area (TPSA) is 76.0 Å². The summed E-state index contributed by atoms with van der Waals surface area (Å²) in [5.74, 6) is -1.59. The first-order valence-corrected chi connectivity index (χ1v) is 9.03. The molecule has 0 aliphatic carbocycles. The van der Waals surface area contributed by atoms with Crippen LogP contribution in [0.4, 0.5) is 18.9 Å². The van der Waals surface area contributed by atoms with Gasteiger partial charge in [0.25, 0.3) is 5.91 Å². The van der Waals surface area contributed by atoms with E-state index in [0.717, 1.165) is 17.3 Å². The number of amides is 2. The van der Waals surface area contributed by atoms with Crippen molar-refractivity contribution in [3.05, 3.63) is 77.1 Å². The van der Waals surface area contributed by atoms with Crippen molar-refractivity contribution < 1.29 is 22.8 Å². The summed E-state index contributed by atoms with van der Waals surface area (Å²) in [7, 11) is 0. The lowest BCUT2D eigenvalue weighted by molar-refractivity contribution is -0.143. The average Bonchev–Trinajstić information content (AvgIpc) is 3.16. The molecule has 156 valence electrons. The number of hydrogen-bond acceptors (Lipinski definition) is 3. The molecule has 0 saturated carbocycles. The molecule has 6 nitrogen and oxygen atoms in total. The number of para-hydroxylation sites is 2. The number of aryl methyl sites for hydroxylation is 2. The molecule has 3 aromatic rings. The number of benzene rings is 2. The number of carbonyl (C=O) groups is 2. The standard InChI is InChI=1S/C21H19F3N4O2/c1-13-7-6-8-14(2)18(13)27-17(29)12-25-20(30)16-11-26-28(19(16)21(22,23)24)15-9-4-3-5-10-15/h3-11H,12H2,1-2H3,(H,25,30)(H,27,29).